The van der Waals surface area contributed by atoms with Crippen LogP contribution in [0.25, 0.3) is 0 Å². The zero-order valence-corrected chi connectivity index (χ0v) is 18.8. The lowest BCUT2D eigenvalue weighted by molar-refractivity contribution is -0.870. The third-order valence-corrected chi connectivity index (χ3v) is 4.89. The van der Waals surface area contributed by atoms with Crippen LogP contribution >= 0.6 is 0 Å². The number of rotatable bonds is 19. The minimum absolute atomic E-state index is 0. The van der Waals surface area contributed by atoms with Crippen LogP contribution in [0.3, 0.4) is 0 Å². The number of unbranched alkanes of at least 4 members (excludes halogenated alkanes) is 13. The zero-order chi connectivity index (χ0) is 17.9. The molecule has 3 heteroatoms. The lowest BCUT2D eigenvalue weighted by Gasteiger charge is -2.23. The fourth-order valence-electron chi connectivity index (χ4n) is 3.25. The predicted octanol–water partition coefficient (Wildman–Crippen LogP) is 3.16. The van der Waals surface area contributed by atoms with Gasteiger partial charge in [0.25, 0.3) is 0 Å². The second-order valence-corrected chi connectivity index (χ2v) is 8.71. The van der Waals surface area contributed by atoms with Crippen LogP contribution in [0, 0.1) is 0 Å². The summed E-state index contributed by atoms with van der Waals surface area (Å²) in [6.45, 7) is 5.97. The van der Waals surface area contributed by atoms with Gasteiger partial charge < -0.3 is 22.2 Å². The van der Waals surface area contributed by atoms with E-state index in [0.717, 1.165) is 4.48 Å². The first-order valence-electron chi connectivity index (χ1n) is 11.1. The van der Waals surface area contributed by atoms with Crippen LogP contribution < -0.4 is 17.7 Å². The Morgan fingerprint density at radius 2 is 0.880 bits per heavy atom. The maximum absolute atomic E-state index is 3.59. The maximum atomic E-state index is 3.59. The highest BCUT2D eigenvalue weighted by Crippen LogP contribution is 2.12. The summed E-state index contributed by atoms with van der Waals surface area (Å²) in [7, 11) is 6.81. The topological polar surface area (TPSA) is 12.0 Å². The molecule has 2 nitrogen and oxygen atoms in total. The third-order valence-electron chi connectivity index (χ3n) is 4.89. The predicted molar refractivity (Wildman–Crippen MR) is 111 cm³/mol. The number of hydrogen-bond donors (Lipinski definition) is 1. The summed E-state index contributed by atoms with van der Waals surface area (Å²) in [5.41, 5.74) is 0. The third kappa shape index (κ3) is 26.5. The van der Waals surface area contributed by atoms with Gasteiger partial charge in [0.1, 0.15) is 0 Å². The highest BCUT2D eigenvalue weighted by Gasteiger charge is 2.04. The van der Waals surface area contributed by atoms with Crippen LogP contribution in [0.4, 0.5) is 0 Å². The normalized spacial score (nSPS) is 11.5. The van der Waals surface area contributed by atoms with Crippen molar-refractivity contribution < 1.29 is 16.9 Å². The molecule has 0 fully saturated rings. The summed E-state index contributed by atoms with van der Waals surface area (Å²) < 4.78 is 1.08. The molecule has 0 bridgehead atoms. The summed E-state index contributed by atoms with van der Waals surface area (Å²) in [6.07, 6.45) is 21.5. The molecule has 0 amide bonds. The fourth-order valence-corrected chi connectivity index (χ4v) is 3.25. The van der Waals surface area contributed by atoms with E-state index in [1.807, 2.05) is 0 Å². The van der Waals surface area contributed by atoms with Crippen LogP contribution in [-0.2, 0) is 0 Å². The Kier molecular flexibility index (Phi) is 22.5. The van der Waals surface area contributed by atoms with Gasteiger partial charge >= 0.3 is 0 Å². The van der Waals surface area contributed by atoms with E-state index in [4.69, 9.17) is 0 Å². The van der Waals surface area contributed by atoms with Gasteiger partial charge in [0.2, 0.25) is 0 Å². The van der Waals surface area contributed by atoms with Crippen molar-refractivity contribution in [3.05, 3.63) is 0 Å². The number of nitrogens with zero attached hydrogens (tertiary/aromatic N) is 1. The molecule has 1 N–H and O–H groups in total. The van der Waals surface area contributed by atoms with E-state index in [1.165, 1.54) is 116 Å². The number of quaternary nitrogens is 1. The van der Waals surface area contributed by atoms with Gasteiger partial charge in [0, 0.05) is 13.0 Å². The van der Waals surface area contributed by atoms with Crippen molar-refractivity contribution in [2.24, 2.45) is 0 Å². The average molecular weight is 377 g/mol. The monoisotopic (exact) mass is 376 g/mol. The Bertz CT molecular complexity index is 239. The Hall–Kier alpha value is 0.210. The maximum Gasteiger partial charge on any atom is 0.0792 e. The van der Waals surface area contributed by atoms with E-state index in [0.29, 0.717) is 0 Å². The SMILES string of the molecule is CCCCCCCCCCCCCCCCNCCC[N+](C)(C)C.[Cl-]. The van der Waals surface area contributed by atoms with E-state index in [-0.39, 0.29) is 12.4 Å². The minimum Gasteiger partial charge on any atom is -1.00 e. The minimum atomic E-state index is 0. The van der Waals surface area contributed by atoms with Crippen LogP contribution in [0.5, 0.6) is 0 Å². The van der Waals surface area contributed by atoms with Crippen molar-refractivity contribution in [2.45, 2.75) is 103 Å². The molecule has 0 saturated carbocycles. The summed E-state index contributed by atoms with van der Waals surface area (Å²) in [4.78, 5) is 0. The van der Waals surface area contributed by atoms with Crippen molar-refractivity contribution >= 4 is 0 Å². The molecule has 0 unspecified atom stereocenters. The molecule has 0 aromatic heterocycles. The molecule has 0 rings (SSSR count). The lowest BCUT2D eigenvalue weighted by Crippen LogP contribution is -3.00. The van der Waals surface area contributed by atoms with Gasteiger partial charge in [-0.25, -0.2) is 0 Å². The highest BCUT2D eigenvalue weighted by atomic mass is 35.5. The van der Waals surface area contributed by atoms with Gasteiger partial charge in [-0.1, -0.05) is 90.4 Å². The molecule has 25 heavy (non-hydrogen) atoms. The molecule has 154 valence electrons. The number of nitrogens with one attached hydrogen (secondary N) is 1. The first-order chi connectivity index (χ1) is 11.6. The Morgan fingerprint density at radius 3 is 1.28 bits per heavy atom. The molecule has 0 spiro atoms. The summed E-state index contributed by atoms with van der Waals surface area (Å²) in [5, 5.41) is 3.59. The van der Waals surface area contributed by atoms with E-state index in [9.17, 15) is 0 Å². The molecule has 0 radical (unpaired) electrons. The van der Waals surface area contributed by atoms with Crippen molar-refractivity contribution in [1.29, 1.82) is 0 Å². The summed E-state index contributed by atoms with van der Waals surface area (Å²) >= 11 is 0. The van der Waals surface area contributed by atoms with Crippen molar-refractivity contribution in [1.82, 2.24) is 5.32 Å². The van der Waals surface area contributed by atoms with Crippen molar-refractivity contribution in [2.75, 3.05) is 40.8 Å². The van der Waals surface area contributed by atoms with Crippen molar-refractivity contribution in [3.63, 3.8) is 0 Å². The van der Waals surface area contributed by atoms with E-state index >= 15 is 0 Å². The van der Waals surface area contributed by atoms with E-state index < -0.39 is 0 Å². The molecule has 0 saturated heterocycles. The van der Waals surface area contributed by atoms with Crippen molar-refractivity contribution in [3.8, 4) is 0 Å². The highest BCUT2D eigenvalue weighted by molar-refractivity contribution is 4.51. The number of hydrogen-bond acceptors (Lipinski definition) is 1. The van der Waals surface area contributed by atoms with Crippen LogP contribution in [-0.4, -0.2) is 45.3 Å². The molecule has 0 heterocycles. The standard InChI is InChI=1S/C22H49N2.ClH/c1-5-6-7-8-9-10-11-12-13-14-15-16-17-18-20-23-21-19-22-24(2,3)4;/h23H,5-22H2,1-4H3;1H/q+1;/p-1. The van der Waals surface area contributed by atoms with Gasteiger partial charge in [0.05, 0.1) is 27.7 Å². The molecule has 0 aliphatic rings. The largest absolute Gasteiger partial charge is 1.00 e. The van der Waals surface area contributed by atoms with Crippen LogP contribution in [0.1, 0.15) is 103 Å². The molecular weight excluding hydrogens is 328 g/mol. The quantitative estimate of drug-likeness (QED) is 0.270. The molecular formula is C22H49ClN2. The molecule has 0 aromatic rings. The molecule has 0 aromatic carbocycles. The smallest absolute Gasteiger partial charge is 0.0792 e. The molecule has 0 aliphatic carbocycles. The van der Waals surface area contributed by atoms with Crippen LogP contribution in [0.2, 0.25) is 0 Å². The van der Waals surface area contributed by atoms with E-state index in [2.05, 4.69) is 33.4 Å². The second kappa shape index (κ2) is 20.5. The fraction of sp³-hybridized carbons (Fsp3) is 1.00. The summed E-state index contributed by atoms with van der Waals surface area (Å²) in [6, 6.07) is 0. The van der Waals surface area contributed by atoms with Gasteiger partial charge in [-0.15, -0.1) is 0 Å². The Morgan fingerprint density at radius 1 is 0.520 bits per heavy atom. The number of halogens is 1. The molecule has 0 aliphatic heterocycles. The van der Waals surface area contributed by atoms with Gasteiger partial charge in [0.15, 0.2) is 0 Å². The Labute approximate surface area is 166 Å². The van der Waals surface area contributed by atoms with E-state index in [1.54, 1.807) is 0 Å². The van der Waals surface area contributed by atoms with Gasteiger partial charge in [-0.3, -0.25) is 0 Å². The van der Waals surface area contributed by atoms with Gasteiger partial charge in [-0.05, 0) is 13.0 Å². The Balaban J connectivity index is 0. The van der Waals surface area contributed by atoms with Gasteiger partial charge in [-0.2, -0.15) is 0 Å². The lowest BCUT2D eigenvalue weighted by atomic mass is 10.0. The average Bonchev–Trinajstić information content (AvgIpc) is 2.52. The second-order valence-electron chi connectivity index (χ2n) is 8.71. The zero-order valence-electron chi connectivity index (χ0n) is 18.1. The molecule has 0 atom stereocenters. The first kappa shape index (κ1) is 27.4. The van der Waals surface area contributed by atoms with Crippen LogP contribution in [0.15, 0.2) is 0 Å². The first-order valence-corrected chi connectivity index (χ1v) is 11.1. The summed E-state index contributed by atoms with van der Waals surface area (Å²) in [5.74, 6) is 0.